The van der Waals surface area contributed by atoms with Gasteiger partial charge in [-0.25, -0.2) is 10.2 Å². The monoisotopic (exact) mass is 477 g/mol. The van der Waals surface area contributed by atoms with Crippen molar-refractivity contribution in [1.29, 1.82) is 0 Å². The summed E-state index contributed by atoms with van der Waals surface area (Å²) < 4.78 is 32.2. The van der Waals surface area contributed by atoms with Gasteiger partial charge in [0.1, 0.15) is 12.1 Å². The van der Waals surface area contributed by atoms with Crippen LogP contribution in [0, 0.1) is 0 Å². The molecular weight excluding hydrogens is 446 g/mol. The summed E-state index contributed by atoms with van der Waals surface area (Å²) in [6.45, 7) is 5.32. The highest BCUT2D eigenvalue weighted by Gasteiger charge is 2.18. The Bertz CT molecular complexity index is 1060. The van der Waals surface area contributed by atoms with Crippen LogP contribution in [0.4, 0.5) is 4.79 Å². The molecule has 2 rings (SSSR count). The molecule has 0 heterocycles. The van der Waals surface area contributed by atoms with Gasteiger partial charge < -0.3 is 10.1 Å². The Hall–Kier alpha value is -2.95. The maximum Gasteiger partial charge on any atom is 0.408 e. The second-order valence-electron chi connectivity index (χ2n) is 8.42. The molecule has 0 bridgehead atoms. The fraction of sp³-hybridized carbons (Fsp3) is 0.391. The van der Waals surface area contributed by atoms with Gasteiger partial charge in [0.05, 0.1) is 19.4 Å². The number of carbonyl (C=O) groups is 2. The topological polar surface area (TPSA) is 114 Å². The normalized spacial score (nSPS) is 11.7. The van der Waals surface area contributed by atoms with Crippen LogP contribution in [-0.2, 0) is 37.0 Å². The van der Waals surface area contributed by atoms with Crippen molar-refractivity contribution in [3.63, 3.8) is 0 Å². The van der Waals surface area contributed by atoms with Crippen molar-refractivity contribution in [2.45, 2.75) is 39.5 Å². The molecule has 0 aromatic heterocycles. The Morgan fingerprint density at radius 3 is 2.24 bits per heavy atom. The third-order valence-corrected chi connectivity index (χ3v) is 4.89. The number of benzene rings is 2. The van der Waals surface area contributed by atoms with Crippen molar-refractivity contribution >= 4 is 22.1 Å². The van der Waals surface area contributed by atoms with Gasteiger partial charge in [-0.2, -0.15) is 8.42 Å². The van der Waals surface area contributed by atoms with Gasteiger partial charge in [0.25, 0.3) is 16.0 Å². The SMILES string of the molecule is CNN(Cc1cccc(-c2ccc(COS(C)(=O)=O)cc2)c1)C(=O)CNC(=O)OC(C)(C)C. The summed E-state index contributed by atoms with van der Waals surface area (Å²) >= 11 is 0. The fourth-order valence-electron chi connectivity index (χ4n) is 2.85. The number of hydrogen-bond donors (Lipinski definition) is 2. The summed E-state index contributed by atoms with van der Waals surface area (Å²) in [7, 11) is -1.87. The molecule has 0 aliphatic rings. The summed E-state index contributed by atoms with van der Waals surface area (Å²) in [5.41, 5.74) is 5.71. The molecule has 33 heavy (non-hydrogen) atoms. The van der Waals surface area contributed by atoms with E-state index in [0.29, 0.717) is 6.54 Å². The van der Waals surface area contributed by atoms with Gasteiger partial charge in [-0.1, -0.05) is 42.5 Å². The van der Waals surface area contributed by atoms with Crippen LogP contribution in [0.15, 0.2) is 48.5 Å². The van der Waals surface area contributed by atoms with E-state index in [1.807, 2.05) is 36.4 Å². The molecule has 0 saturated heterocycles. The third kappa shape index (κ3) is 9.60. The first-order valence-electron chi connectivity index (χ1n) is 10.3. The second-order valence-corrected chi connectivity index (χ2v) is 10.1. The molecule has 2 aromatic rings. The summed E-state index contributed by atoms with van der Waals surface area (Å²) in [4.78, 5) is 24.3. The lowest BCUT2D eigenvalue weighted by Gasteiger charge is -2.23. The molecule has 0 saturated carbocycles. The lowest BCUT2D eigenvalue weighted by Crippen LogP contribution is -2.46. The van der Waals surface area contributed by atoms with Gasteiger partial charge in [-0.05, 0) is 49.1 Å². The van der Waals surface area contributed by atoms with Crippen molar-refractivity contribution in [3.8, 4) is 11.1 Å². The van der Waals surface area contributed by atoms with Crippen LogP contribution in [-0.4, -0.2) is 50.9 Å². The average molecular weight is 478 g/mol. The molecule has 0 fully saturated rings. The van der Waals surface area contributed by atoms with E-state index in [-0.39, 0.29) is 19.1 Å². The number of nitrogens with one attached hydrogen (secondary N) is 2. The minimum absolute atomic E-state index is 0.0181. The van der Waals surface area contributed by atoms with Crippen molar-refractivity contribution in [3.05, 3.63) is 59.7 Å². The zero-order valence-electron chi connectivity index (χ0n) is 19.5. The van der Waals surface area contributed by atoms with E-state index in [9.17, 15) is 18.0 Å². The van der Waals surface area contributed by atoms with Crippen LogP contribution in [0.2, 0.25) is 0 Å². The molecule has 180 valence electrons. The lowest BCUT2D eigenvalue weighted by molar-refractivity contribution is -0.133. The molecule has 10 heteroatoms. The number of ether oxygens (including phenoxy) is 1. The number of nitrogens with zero attached hydrogens (tertiary/aromatic N) is 1. The van der Waals surface area contributed by atoms with Gasteiger partial charge in [-0.15, -0.1) is 0 Å². The number of hydrazine groups is 1. The highest BCUT2D eigenvalue weighted by atomic mass is 32.2. The number of hydrogen-bond acceptors (Lipinski definition) is 7. The Morgan fingerprint density at radius 2 is 1.67 bits per heavy atom. The van der Waals surface area contributed by atoms with Crippen molar-refractivity contribution in [2.24, 2.45) is 0 Å². The molecule has 0 unspecified atom stereocenters. The smallest absolute Gasteiger partial charge is 0.408 e. The summed E-state index contributed by atoms with van der Waals surface area (Å²) in [6.07, 6.45) is 0.360. The van der Waals surface area contributed by atoms with Crippen LogP contribution in [0.5, 0.6) is 0 Å². The van der Waals surface area contributed by atoms with E-state index in [2.05, 4.69) is 10.7 Å². The summed E-state index contributed by atoms with van der Waals surface area (Å²) in [6, 6.07) is 15.1. The van der Waals surface area contributed by atoms with E-state index < -0.39 is 21.8 Å². The number of rotatable bonds is 9. The number of amides is 2. The molecule has 2 N–H and O–H groups in total. The third-order valence-electron chi connectivity index (χ3n) is 4.35. The standard InChI is InChI=1S/C23H31N3O6S/c1-23(2,3)32-22(28)25-14-21(27)26(24-4)15-18-7-6-8-20(13-18)19-11-9-17(10-12-19)16-31-33(5,29)30/h6-13,24H,14-16H2,1-5H3,(H,25,28). The average Bonchev–Trinajstić information content (AvgIpc) is 2.73. The first kappa shape index (κ1) is 26.3. The van der Waals surface area contributed by atoms with Gasteiger partial charge in [0.2, 0.25) is 0 Å². The van der Waals surface area contributed by atoms with Crippen LogP contribution < -0.4 is 10.7 Å². The molecule has 2 amide bonds. The maximum absolute atomic E-state index is 12.5. The Balaban J connectivity index is 2.01. The van der Waals surface area contributed by atoms with Crippen LogP contribution in [0.25, 0.3) is 11.1 Å². The molecule has 0 aliphatic carbocycles. The first-order chi connectivity index (χ1) is 15.4. The van der Waals surface area contributed by atoms with Crippen LogP contribution >= 0.6 is 0 Å². The van der Waals surface area contributed by atoms with Crippen molar-refractivity contribution in [1.82, 2.24) is 15.8 Å². The van der Waals surface area contributed by atoms with E-state index in [1.54, 1.807) is 40.0 Å². The summed E-state index contributed by atoms with van der Waals surface area (Å²) in [5, 5.41) is 3.87. The minimum Gasteiger partial charge on any atom is -0.444 e. The predicted octanol–water partition coefficient (Wildman–Crippen LogP) is 2.82. The molecule has 9 nitrogen and oxygen atoms in total. The van der Waals surface area contributed by atoms with Gasteiger partial charge in [0, 0.05) is 7.05 Å². The van der Waals surface area contributed by atoms with E-state index in [1.165, 1.54) is 5.01 Å². The molecular formula is C23H31N3O6S. The molecule has 0 radical (unpaired) electrons. The molecule has 0 aliphatic heterocycles. The van der Waals surface area contributed by atoms with Gasteiger partial charge >= 0.3 is 6.09 Å². The Labute approximate surface area is 195 Å². The Morgan fingerprint density at radius 1 is 1.00 bits per heavy atom. The van der Waals surface area contributed by atoms with E-state index in [0.717, 1.165) is 28.5 Å². The number of carbonyl (C=O) groups excluding carboxylic acids is 2. The highest BCUT2D eigenvalue weighted by Crippen LogP contribution is 2.22. The van der Waals surface area contributed by atoms with Gasteiger partial charge in [-0.3, -0.25) is 14.0 Å². The summed E-state index contributed by atoms with van der Waals surface area (Å²) in [5.74, 6) is -0.316. The van der Waals surface area contributed by atoms with Crippen molar-refractivity contribution in [2.75, 3.05) is 19.8 Å². The minimum atomic E-state index is -3.50. The number of alkyl carbamates (subject to hydrolysis) is 1. The Kier molecular flexibility index (Phi) is 8.98. The quantitative estimate of drug-likeness (QED) is 0.422. The highest BCUT2D eigenvalue weighted by molar-refractivity contribution is 7.85. The van der Waals surface area contributed by atoms with Crippen LogP contribution in [0.3, 0.4) is 0 Å². The van der Waals surface area contributed by atoms with Crippen LogP contribution in [0.1, 0.15) is 31.9 Å². The van der Waals surface area contributed by atoms with Gasteiger partial charge in [0.15, 0.2) is 0 Å². The molecule has 0 atom stereocenters. The fourth-order valence-corrected chi connectivity index (χ4v) is 3.20. The van der Waals surface area contributed by atoms with E-state index in [4.69, 9.17) is 8.92 Å². The predicted molar refractivity (Wildman–Crippen MR) is 125 cm³/mol. The molecule has 2 aromatic carbocycles. The van der Waals surface area contributed by atoms with Crippen molar-refractivity contribution < 1.29 is 26.9 Å². The lowest BCUT2D eigenvalue weighted by atomic mass is 10.0. The first-order valence-corrected chi connectivity index (χ1v) is 12.2. The second kappa shape index (κ2) is 11.3. The zero-order chi connectivity index (χ0) is 24.6. The van der Waals surface area contributed by atoms with E-state index >= 15 is 0 Å². The maximum atomic E-state index is 12.5. The zero-order valence-corrected chi connectivity index (χ0v) is 20.4. The largest absolute Gasteiger partial charge is 0.444 e. The molecule has 0 spiro atoms.